The molecule has 0 saturated heterocycles. The van der Waals surface area contributed by atoms with E-state index in [2.05, 4.69) is 80.6 Å². The Kier molecular flexibility index (Phi) is 5.28. The zero-order valence-electron chi connectivity index (χ0n) is 23.7. The van der Waals surface area contributed by atoms with Crippen LogP contribution in [-0.2, 0) is 0 Å². The molecule has 0 N–H and O–H groups in total. The number of pyridine rings is 2. The Labute approximate surface area is 242 Å². The maximum Gasteiger partial charge on any atom is 0.192 e. The Bertz CT molecular complexity index is 2080. The molecule has 0 atom stereocenters. The van der Waals surface area contributed by atoms with Crippen LogP contribution in [0.3, 0.4) is 0 Å². The van der Waals surface area contributed by atoms with Gasteiger partial charge in [-0.15, -0.1) is 0 Å². The van der Waals surface area contributed by atoms with Crippen LogP contribution in [0.5, 0.6) is 0 Å². The van der Waals surface area contributed by atoms with Crippen LogP contribution in [0.25, 0.3) is 77.2 Å². The highest BCUT2D eigenvalue weighted by atomic mass is 16.4. The Morgan fingerprint density at radius 3 is 1.12 bits per heavy atom. The fraction of sp³-hybridized carbons (Fsp3) is 0.111. The van der Waals surface area contributed by atoms with Crippen LogP contribution in [0, 0.1) is 27.7 Å². The quantitative estimate of drug-likeness (QED) is 0.205. The second-order valence-electron chi connectivity index (χ2n) is 10.9. The van der Waals surface area contributed by atoms with Crippen LogP contribution >= 0.6 is 0 Å². The van der Waals surface area contributed by atoms with E-state index in [1.807, 2.05) is 52.5 Å². The van der Waals surface area contributed by atoms with Gasteiger partial charge < -0.3 is 8.83 Å². The molecule has 0 bridgehead atoms. The number of nitrogens with zero attached hydrogens (tertiary/aromatic N) is 4. The van der Waals surface area contributed by atoms with Gasteiger partial charge in [-0.05, 0) is 93.7 Å². The molecule has 8 aromatic rings. The molecule has 8 rings (SSSR count). The van der Waals surface area contributed by atoms with E-state index in [9.17, 15) is 0 Å². The summed E-state index contributed by atoms with van der Waals surface area (Å²) in [4.78, 5) is 17.9. The van der Waals surface area contributed by atoms with Gasteiger partial charge in [0.25, 0.3) is 0 Å². The van der Waals surface area contributed by atoms with Crippen LogP contribution in [-0.4, -0.2) is 19.9 Å². The number of hydrogen-bond donors (Lipinski definition) is 0. The maximum absolute atomic E-state index is 5.87. The SMILES string of the molecule is Cc1nc(C)c(-c2cncc(-c3cc4ccc5cc(-c6cncc(-c7oc(C)nc7C)c6)cc6ccc(c3)c4c56)c2)o1. The van der Waals surface area contributed by atoms with Crippen molar-refractivity contribution in [3.63, 3.8) is 0 Å². The molecule has 0 aliphatic rings. The first-order valence-electron chi connectivity index (χ1n) is 13.9. The van der Waals surface area contributed by atoms with Crippen LogP contribution in [0.15, 0.2) is 94.3 Å². The standard InChI is InChI=1S/C36H26N4O2/c1-19-35(41-21(3)39-19)31-13-29(15-37-17-31)27-9-23-5-7-25-11-28(12-26-8-6-24(10-27)33(23)34(25)26)30-14-32(18-38-16-30)36-20(2)40-22(4)42-36/h5-18H,1-4H3. The van der Waals surface area contributed by atoms with Crippen LogP contribution < -0.4 is 0 Å². The van der Waals surface area contributed by atoms with Crippen molar-refractivity contribution in [2.45, 2.75) is 27.7 Å². The molecule has 6 nitrogen and oxygen atoms in total. The highest BCUT2D eigenvalue weighted by molar-refractivity contribution is 6.24. The van der Waals surface area contributed by atoms with E-state index in [0.717, 1.165) is 56.3 Å². The molecule has 4 aromatic carbocycles. The average Bonchev–Trinajstić information content (AvgIpc) is 3.53. The normalized spacial score (nSPS) is 11.8. The molecule has 42 heavy (non-hydrogen) atoms. The van der Waals surface area contributed by atoms with Crippen LogP contribution in [0.2, 0.25) is 0 Å². The molecule has 0 fully saturated rings. The molecule has 4 aromatic heterocycles. The summed E-state index contributed by atoms with van der Waals surface area (Å²) in [6.07, 6.45) is 7.48. The van der Waals surface area contributed by atoms with Crippen molar-refractivity contribution in [1.82, 2.24) is 19.9 Å². The van der Waals surface area contributed by atoms with Gasteiger partial charge in [-0.3, -0.25) is 9.97 Å². The molecule has 0 aliphatic heterocycles. The Balaban J connectivity index is 1.24. The average molecular weight is 547 g/mol. The van der Waals surface area contributed by atoms with Crippen LogP contribution in [0.4, 0.5) is 0 Å². The van der Waals surface area contributed by atoms with Gasteiger partial charge in [-0.25, -0.2) is 9.97 Å². The summed E-state index contributed by atoms with van der Waals surface area (Å²) in [5, 5.41) is 7.34. The predicted molar refractivity (Wildman–Crippen MR) is 167 cm³/mol. The molecular formula is C36H26N4O2. The number of aromatic nitrogens is 4. The highest BCUT2D eigenvalue weighted by Crippen LogP contribution is 2.40. The van der Waals surface area contributed by atoms with Gasteiger partial charge >= 0.3 is 0 Å². The van der Waals surface area contributed by atoms with Crippen molar-refractivity contribution in [2.24, 2.45) is 0 Å². The number of benzene rings is 4. The molecule has 0 aliphatic carbocycles. The Hall–Kier alpha value is -5.36. The van der Waals surface area contributed by atoms with Crippen molar-refractivity contribution in [1.29, 1.82) is 0 Å². The highest BCUT2D eigenvalue weighted by Gasteiger charge is 2.16. The minimum atomic E-state index is 0.656. The van der Waals surface area contributed by atoms with E-state index in [1.165, 1.54) is 32.3 Å². The molecule has 202 valence electrons. The summed E-state index contributed by atoms with van der Waals surface area (Å²) >= 11 is 0. The zero-order valence-corrected chi connectivity index (χ0v) is 23.7. The lowest BCUT2D eigenvalue weighted by molar-refractivity contribution is 0.533. The van der Waals surface area contributed by atoms with Gasteiger partial charge in [-0.1, -0.05) is 24.3 Å². The fourth-order valence-electron chi connectivity index (χ4n) is 6.21. The number of aryl methyl sites for hydroxylation is 4. The lowest BCUT2D eigenvalue weighted by Gasteiger charge is -2.15. The predicted octanol–water partition coefficient (Wildman–Crippen LogP) is 9.25. The lowest BCUT2D eigenvalue weighted by atomic mass is 9.89. The van der Waals surface area contributed by atoms with Crippen LogP contribution in [0.1, 0.15) is 23.2 Å². The van der Waals surface area contributed by atoms with Gasteiger partial charge in [0.2, 0.25) is 0 Å². The van der Waals surface area contributed by atoms with E-state index in [-0.39, 0.29) is 0 Å². The van der Waals surface area contributed by atoms with Crippen molar-refractivity contribution < 1.29 is 8.83 Å². The van der Waals surface area contributed by atoms with E-state index >= 15 is 0 Å². The van der Waals surface area contributed by atoms with Crippen molar-refractivity contribution in [3.8, 4) is 44.9 Å². The van der Waals surface area contributed by atoms with Gasteiger partial charge in [0.05, 0.1) is 11.4 Å². The van der Waals surface area contributed by atoms with E-state index in [4.69, 9.17) is 8.83 Å². The van der Waals surface area contributed by atoms with Gasteiger partial charge in [-0.2, -0.15) is 0 Å². The number of rotatable bonds is 4. The third-order valence-corrected chi connectivity index (χ3v) is 8.01. The fourth-order valence-corrected chi connectivity index (χ4v) is 6.21. The minimum Gasteiger partial charge on any atom is -0.441 e. The summed E-state index contributed by atoms with van der Waals surface area (Å²) in [6.45, 7) is 7.65. The summed E-state index contributed by atoms with van der Waals surface area (Å²) in [6, 6.07) is 22.1. The molecular weight excluding hydrogens is 520 g/mol. The third-order valence-electron chi connectivity index (χ3n) is 8.01. The molecule has 0 amide bonds. The first-order valence-corrected chi connectivity index (χ1v) is 13.9. The molecule has 0 saturated carbocycles. The monoisotopic (exact) mass is 546 g/mol. The van der Waals surface area contributed by atoms with Crippen molar-refractivity contribution >= 4 is 32.3 Å². The first kappa shape index (κ1) is 24.4. The van der Waals surface area contributed by atoms with Gasteiger partial charge in [0.15, 0.2) is 23.3 Å². The topological polar surface area (TPSA) is 77.8 Å². The molecule has 6 heteroatoms. The van der Waals surface area contributed by atoms with Crippen molar-refractivity contribution in [2.75, 3.05) is 0 Å². The molecule has 0 radical (unpaired) electrons. The Morgan fingerprint density at radius 1 is 0.429 bits per heavy atom. The van der Waals surface area contributed by atoms with E-state index < -0.39 is 0 Å². The second kappa shape index (κ2) is 9.08. The van der Waals surface area contributed by atoms with Gasteiger partial charge in [0, 0.05) is 60.9 Å². The third kappa shape index (κ3) is 3.87. The number of hydrogen-bond acceptors (Lipinski definition) is 6. The maximum atomic E-state index is 5.87. The Morgan fingerprint density at radius 2 is 0.786 bits per heavy atom. The minimum absolute atomic E-state index is 0.656. The van der Waals surface area contributed by atoms with Crippen molar-refractivity contribution in [3.05, 3.63) is 109 Å². The first-order chi connectivity index (χ1) is 20.4. The van der Waals surface area contributed by atoms with E-state index in [0.29, 0.717) is 11.8 Å². The van der Waals surface area contributed by atoms with E-state index in [1.54, 1.807) is 0 Å². The summed E-state index contributed by atoms with van der Waals surface area (Å²) in [5.41, 5.74) is 7.90. The number of oxazole rings is 2. The molecule has 4 heterocycles. The van der Waals surface area contributed by atoms with Gasteiger partial charge in [0.1, 0.15) is 0 Å². The summed E-state index contributed by atoms with van der Waals surface area (Å²) < 4.78 is 11.7. The molecule has 0 spiro atoms. The second-order valence-corrected chi connectivity index (χ2v) is 10.9. The summed E-state index contributed by atoms with van der Waals surface area (Å²) in [7, 11) is 0. The largest absolute Gasteiger partial charge is 0.441 e. The zero-order chi connectivity index (χ0) is 28.5. The smallest absolute Gasteiger partial charge is 0.192 e. The summed E-state index contributed by atoms with van der Waals surface area (Å²) in [5.74, 6) is 2.84. The lowest BCUT2D eigenvalue weighted by Crippen LogP contribution is -1.89. The molecule has 0 unspecified atom stereocenters.